The lowest BCUT2D eigenvalue weighted by atomic mass is 10.2. The third-order valence-electron chi connectivity index (χ3n) is 3.73. The van der Waals surface area contributed by atoms with Crippen LogP contribution in [0.4, 0.5) is 0 Å². The molecule has 0 aromatic rings. The van der Waals surface area contributed by atoms with Gasteiger partial charge in [-0.15, -0.1) is 0 Å². The van der Waals surface area contributed by atoms with E-state index in [9.17, 15) is 0 Å². The van der Waals surface area contributed by atoms with E-state index in [0.717, 1.165) is 39.5 Å². The Labute approximate surface area is 179 Å². The number of ether oxygens (including phenoxy) is 7. The normalized spacial score (nSPS) is 20.3. The van der Waals surface area contributed by atoms with Gasteiger partial charge in [-0.1, -0.05) is 0 Å². The molecule has 2 heterocycles. The number of hydrogen-bond acceptors (Lipinski definition) is 7. The quantitative estimate of drug-likeness (QED) is 0.605. The highest BCUT2D eigenvalue weighted by molar-refractivity contribution is 4.59. The molecule has 2 saturated heterocycles. The van der Waals surface area contributed by atoms with Crippen LogP contribution < -0.4 is 0 Å². The minimum atomic E-state index is -0.417. The van der Waals surface area contributed by atoms with Crippen LogP contribution in [0.5, 0.6) is 0 Å². The van der Waals surface area contributed by atoms with Crippen LogP contribution in [0.1, 0.15) is 75.7 Å². The van der Waals surface area contributed by atoms with Gasteiger partial charge in [0.1, 0.15) is 0 Å². The Bertz CT molecular complexity index is 363. The highest BCUT2D eigenvalue weighted by Gasteiger charge is 2.23. The summed E-state index contributed by atoms with van der Waals surface area (Å²) < 4.78 is 35.7. The van der Waals surface area contributed by atoms with E-state index in [1.807, 2.05) is 48.5 Å². The number of rotatable bonds is 3. The second-order valence-electron chi connectivity index (χ2n) is 8.90. The van der Waals surface area contributed by atoms with E-state index in [2.05, 4.69) is 20.8 Å². The average molecular weight is 425 g/mol. The zero-order valence-electron chi connectivity index (χ0n) is 21.1. The Hall–Kier alpha value is -0.280. The minimum absolute atomic E-state index is 0.0503. The van der Waals surface area contributed by atoms with Gasteiger partial charge in [-0.05, 0) is 75.7 Å². The van der Waals surface area contributed by atoms with Gasteiger partial charge in [0.05, 0.1) is 32.0 Å². The molecule has 0 aliphatic carbocycles. The van der Waals surface area contributed by atoms with Crippen molar-refractivity contribution in [1.29, 1.82) is 0 Å². The maximum absolute atomic E-state index is 5.24. The SMILES string of the molecule is CC1(C)OCCCO1.CC1(C)OCCO1.CCOC(C)(C)C.COC(C)(C)OC. The van der Waals surface area contributed by atoms with Crippen molar-refractivity contribution in [3.05, 3.63) is 0 Å². The van der Waals surface area contributed by atoms with Crippen LogP contribution in [0.2, 0.25) is 0 Å². The van der Waals surface area contributed by atoms with Gasteiger partial charge in [0.25, 0.3) is 0 Å². The molecule has 0 aromatic carbocycles. The summed E-state index contributed by atoms with van der Waals surface area (Å²) >= 11 is 0. The summed E-state index contributed by atoms with van der Waals surface area (Å²) in [7, 11) is 3.23. The van der Waals surface area contributed by atoms with Crippen LogP contribution in [-0.4, -0.2) is 70.2 Å². The number of methoxy groups -OCH3 is 2. The second kappa shape index (κ2) is 14.7. The molecular weight excluding hydrogens is 376 g/mol. The van der Waals surface area contributed by atoms with Crippen LogP contribution >= 0.6 is 0 Å². The van der Waals surface area contributed by atoms with Crippen molar-refractivity contribution in [2.45, 2.75) is 98.6 Å². The summed E-state index contributed by atoms with van der Waals surface area (Å²) in [6.45, 7) is 23.6. The maximum Gasteiger partial charge on any atom is 0.162 e. The zero-order valence-corrected chi connectivity index (χ0v) is 21.1. The molecule has 0 saturated carbocycles. The fraction of sp³-hybridized carbons (Fsp3) is 1.00. The van der Waals surface area contributed by atoms with Crippen LogP contribution in [0.3, 0.4) is 0 Å². The van der Waals surface area contributed by atoms with E-state index in [-0.39, 0.29) is 17.2 Å². The minimum Gasteiger partial charge on any atom is -0.376 e. The number of hydrogen-bond donors (Lipinski definition) is 0. The molecule has 29 heavy (non-hydrogen) atoms. The second-order valence-corrected chi connectivity index (χ2v) is 8.90. The first kappa shape index (κ1) is 30.9. The molecular formula is C22H48O7. The molecule has 178 valence electrons. The van der Waals surface area contributed by atoms with Crippen molar-refractivity contribution < 1.29 is 33.2 Å². The lowest BCUT2D eigenvalue weighted by Gasteiger charge is -2.29. The smallest absolute Gasteiger partial charge is 0.162 e. The van der Waals surface area contributed by atoms with Crippen LogP contribution in [0, 0.1) is 0 Å². The third-order valence-corrected chi connectivity index (χ3v) is 3.73. The van der Waals surface area contributed by atoms with Gasteiger partial charge in [-0.3, -0.25) is 0 Å². The molecule has 0 N–H and O–H groups in total. The van der Waals surface area contributed by atoms with Crippen LogP contribution in [0.25, 0.3) is 0 Å². The highest BCUT2D eigenvalue weighted by atomic mass is 16.7. The summed E-state index contributed by atoms with van der Waals surface area (Å²) in [6.07, 6.45) is 1.03. The molecule has 0 amide bonds. The van der Waals surface area contributed by atoms with Crippen molar-refractivity contribution in [2.24, 2.45) is 0 Å². The molecule has 0 radical (unpaired) electrons. The highest BCUT2D eigenvalue weighted by Crippen LogP contribution is 2.16. The summed E-state index contributed by atoms with van der Waals surface area (Å²) in [5.41, 5.74) is 0.0503. The van der Waals surface area contributed by atoms with Gasteiger partial charge in [0.2, 0.25) is 0 Å². The van der Waals surface area contributed by atoms with E-state index < -0.39 is 5.79 Å². The molecule has 0 aromatic heterocycles. The van der Waals surface area contributed by atoms with Crippen molar-refractivity contribution in [1.82, 2.24) is 0 Å². The molecule has 0 unspecified atom stereocenters. The van der Waals surface area contributed by atoms with Gasteiger partial charge in [-0.2, -0.15) is 0 Å². The Balaban J connectivity index is 0. The first-order chi connectivity index (χ1) is 13.1. The summed E-state index contributed by atoms with van der Waals surface area (Å²) in [5.74, 6) is -1.04. The fourth-order valence-corrected chi connectivity index (χ4v) is 1.87. The Morgan fingerprint density at radius 1 is 0.690 bits per heavy atom. The van der Waals surface area contributed by atoms with Crippen molar-refractivity contribution in [2.75, 3.05) is 47.3 Å². The van der Waals surface area contributed by atoms with Crippen molar-refractivity contribution in [3.8, 4) is 0 Å². The monoisotopic (exact) mass is 424 g/mol. The van der Waals surface area contributed by atoms with E-state index in [0.29, 0.717) is 0 Å². The Morgan fingerprint density at radius 3 is 1.14 bits per heavy atom. The summed E-state index contributed by atoms with van der Waals surface area (Å²) in [6, 6.07) is 0. The van der Waals surface area contributed by atoms with Gasteiger partial charge in [0.15, 0.2) is 17.4 Å². The summed E-state index contributed by atoms with van der Waals surface area (Å²) in [5, 5.41) is 0. The van der Waals surface area contributed by atoms with Gasteiger partial charge >= 0.3 is 0 Å². The molecule has 2 aliphatic heterocycles. The lowest BCUT2D eigenvalue weighted by molar-refractivity contribution is -0.244. The van der Waals surface area contributed by atoms with Crippen LogP contribution in [0.15, 0.2) is 0 Å². The molecule has 0 bridgehead atoms. The largest absolute Gasteiger partial charge is 0.376 e. The van der Waals surface area contributed by atoms with E-state index >= 15 is 0 Å². The van der Waals surface area contributed by atoms with E-state index in [1.54, 1.807) is 14.2 Å². The molecule has 7 heteroatoms. The molecule has 2 fully saturated rings. The topological polar surface area (TPSA) is 64.6 Å². The molecule has 2 aliphatic rings. The Morgan fingerprint density at radius 2 is 1.03 bits per heavy atom. The van der Waals surface area contributed by atoms with Crippen molar-refractivity contribution in [3.63, 3.8) is 0 Å². The molecule has 0 atom stereocenters. The van der Waals surface area contributed by atoms with Crippen LogP contribution in [-0.2, 0) is 33.2 Å². The maximum atomic E-state index is 5.24. The molecule has 7 nitrogen and oxygen atoms in total. The first-order valence-electron chi connectivity index (χ1n) is 10.4. The first-order valence-corrected chi connectivity index (χ1v) is 10.4. The predicted molar refractivity (Wildman–Crippen MR) is 116 cm³/mol. The summed E-state index contributed by atoms with van der Waals surface area (Å²) in [4.78, 5) is 0. The fourth-order valence-electron chi connectivity index (χ4n) is 1.87. The Kier molecular flexibility index (Phi) is 15.6. The molecule has 2 rings (SSSR count). The molecule has 0 spiro atoms. The van der Waals surface area contributed by atoms with Gasteiger partial charge in [0, 0.05) is 20.8 Å². The zero-order chi connectivity index (χ0) is 23.2. The van der Waals surface area contributed by atoms with E-state index in [4.69, 9.17) is 33.2 Å². The van der Waals surface area contributed by atoms with E-state index in [1.165, 1.54) is 0 Å². The average Bonchev–Trinajstić information content (AvgIpc) is 2.99. The standard InChI is InChI=1S/C6H12O2.C6H14O.C5H10O2.C5H12O2/c1-6(2)7-4-3-5-8-6;1-5-7-6(2,3)4;1-5(2)6-3-4-7-5;1-5(2,6-3)7-4/h3-5H2,1-2H3;5H2,1-4H3;3-4H2,1-2H3;1-4H3. The van der Waals surface area contributed by atoms with Gasteiger partial charge in [-0.25, -0.2) is 0 Å². The lowest BCUT2D eigenvalue weighted by Crippen LogP contribution is -2.33. The third kappa shape index (κ3) is 22.2. The van der Waals surface area contributed by atoms with Gasteiger partial charge < -0.3 is 33.2 Å². The predicted octanol–water partition coefficient (Wildman–Crippen LogP) is 4.77. The van der Waals surface area contributed by atoms with Crippen molar-refractivity contribution >= 4 is 0 Å².